The van der Waals surface area contributed by atoms with Crippen LogP contribution in [0.2, 0.25) is 0 Å². The lowest BCUT2D eigenvalue weighted by Crippen LogP contribution is -2.10. The minimum absolute atomic E-state index is 0.619. The van der Waals surface area contributed by atoms with E-state index in [1.54, 1.807) is 0 Å². The molecule has 0 amide bonds. The van der Waals surface area contributed by atoms with Crippen molar-refractivity contribution in [1.82, 2.24) is 9.55 Å². The molecule has 0 N–H and O–H groups in total. The molecule has 230 valence electrons. The molecule has 3 aromatic heterocycles. The number of anilines is 3. The average molecular weight is 628 g/mol. The van der Waals surface area contributed by atoms with Crippen LogP contribution in [0.3, 0.4) is 0 Å². The Morgan fingerprint density at radius 3 is 1.96 bits per heavy atom. The number of aromatic nitrogens is 2. The van der Waals surface area contributed by atoms with Gasteiger partial charge in [-0.15, -0.1) is 0 Å². The topological polar surface area (TPSA) is 34.2 Å². The van der Waals surface area contributed by atoms with Gasteiger partial charge < -0.3 is 13.9 Å². The smallest absolute Gasteiger partial charge is 0.229 e. The fourth-order valence-corrected chi connectivity index (χ4v) is 7.37. The minimum Gasteiger partial charge on any atom is -0.438 e. The van der Waals surface area contributed by atoms with Gasteiger partial charge in [0.1, 0.15) is 5.58 Å². The average Bonchev–Trinajstić information content (AvgIpc) is 3.70. The molecule has 0 unspecified atom stereocenters. The van der Waals surface area contributed by atoms with Gasteiger partial charge in [0.15, 0.2) is 0 Å². The quantitative estimate of drug-likeness (QED) is 0.190. The zero-order valence-electron chi connectivity index (χ0n) is 26.5. The van der Waals surface area contributed by atoms with Crippen molar-refractivity contribution in [3.05, 3.63) is 176 Å². The first kappa shape index (κ1) is 27.5. The lowest BCUT2D eigenvalue weighted by atomic mass is 10.0. The molecule has 0 saturated carbocycles. The third-order valence-electron chi connectivity index (χ3n) is 9.62. The molecule has 10 aromatic rings. The molecule has 0 radical (unpaired) electrons. The van der Waals surface area contributed by atoms with Crippen LogP contribution >= 0.6 is 0 Å². The third kappa shape index (κ3) is 4.42. The predicted octanol–water partition coefficient (Wildman–Crippen LogP) is 12.4. The van der Waals surface area contributed by atoms with Crippen LogP contribution in [0, 0.1) is 0 Å². The lowest BCUT2D eigenvalue weighted by molar-refractivity contribution is 0.654. The van der Waals surface area contributed by atoms with Gasteiger partial charge >= 0.3 is 0 Å². The zero-order chi connectivity index (χ0) is 32.3. The summed E-state index contributed by atoms with van der Waals surface area (Å²) in [7, 11) is 0. The van der Waals surface area contributed by atoms with Gasteiger partial charge in [-0.1, -0.05) is 109 Å². The maximum atomic E-state index is 6.45. The predicted molar refractivity (Wildman–Crippen MR) is 203 cm³/mol. The summed E-state index contributed by atoms with van der Waals surface area (Å²) in [5.41, 5.74) is 10.4. The SMILES string of the molecule is c1ccc(-c2ccc(N(c3ccc4c5ccccc5n(-c5ccccc5)c4c3)c3ccnc4oc5cc6ccccc6cc5c34)cc2)cc1. The second-order valence-electron chi connectivity index (χ2n) is 12.4. The number of pyridine rings is 1. The minimum atomic E-state index is 0.619. The van der Waals surface area contributed by atoms with Gasteiger partial charge in [0.05, 0.1) is 22.1 Å². The van der Waals surface area contributed by atoms with Crippen molar-refractivity contribution in [1.29, 1.82) is 0 Å². The van der Waals surface area contributed by atoms with Crippen LogP contribution in [-0.2, 0) is 0 Å². The first-order chi connectivity index (χ1) is 24.3. The summed E-state index contributed by atoms with van der Waals surface area (Å²) in [5, 5.41) is 6.78. The molecule has 0 aliphatic rings. The molecule has 0 aliphatic carbocycles. The Labute approximate surface area is 282 Å². The van der Waals surface area contributed by atoms with E-state index in [0.29, 0.717) is 5.71 Å². The maximum Gasteiger partial charge on any atom is 0.229 e. The lowest BCUT2D eigenvalue weighted by Gasteiger charge is -2.26. The summed E-state index contributed by atoms with van der Waals surface area (Å²) in [4.78, 5) is 7.07. The highest BCUT2D eigenvalue weighted by molar-refractivity contribution is 6.16. The second kappa shape index (κ2) is 11.0. The normalized spacial score (nSPS) is 11.7. The van der Waals surface area contributed by atoms with E-state index in [1.165, 1.54) is 32.8 Å². The van der Waals surface area contributed by atoms with E-state index in [4.69, 9.17) is 9.40 Å². The Morgan fingerprint density at radius 2 is 1.14 bits per heavy atom. The highest BCUT2D eigenvalue weighted by atomic mass is 16.3. The molecule has 7 aromatic carbocycles. The van der Waals surface area contributed by atoms with E-state index < -0.39 is 0 Å². The van der Waals surface area contributed by atoms with E-state index in [1.807, 2.05) is 6.20 Å². The van der Waals surface area contributed by atoms with E-state index in [2.05, 4.69) is 179 Å². The number of rotatable bonds is 5. The largest absolute Gasteiger partial charge is 0.438 e. The van der Waals surface area contributed by atoms with Crippen molar-refractivity contribution in [2.24, 2.45) is 0 Å². The monoisotopic (exact) mass is 627 g/mol. The molecular weight excluding hydrogens is 599 g/mol. The van der Waals surface area contributed by atoms with Crippen molar-refractivity contribution in [3.8, 4) is 16.8 Å². The van der Waals surface area contributed by atoms with Gasteiger partial charge in [-0.2, -0.15) is 0 Å². The molecular formula is C45H29N3O. The highest BCUT2D eigenvalue weighted by Crippen LogP contribution is 2.45. The fourth-order valence-electron chi connectivity index (χ4n) is 7.37. The van der Waals surface area contributed by atoms with E-state index in [-0.39, 0.29) is 0 Å². The Bertz CT molecular complexity index is 2820. The second-order valence-corrected chi connectivity index (χ2v) is 12.4. The summed E-state index contributed by atoms with van der Waals surface area (Å²) in [5.74, 6) is 0. The number of furan rings is 1. The van der Waals surface area contributed by atoms with Crippen molar-refractivity contribution in [2.45, 2.75) is 0 Å². The molecule has 0 atom stereocenters. The first-order valence-corrected chi connectivity index (χ1v) is 16.5. The number of para-hydroxylation sites is 2. The van der Waals surface area contributed by atoms with Crippen molar-refractivity contribution in [3.63, 3.8) is 0 Å². The molecule has 0 bridgehead atoms. The van der Waals surface area contributed by atoms with Gasteiger partial charge in [-0.05, 0) is 82.6 Å². The standard InChI is InChI=1S/C45H29N3O/c1-3-11-30(12-4-1)31-19-21-35(22-20-31)47(41-25-26-46-45-44(41)39-27-32-13-7-8-14-33(32)28-43(39)49-45)36-23-24-38-37-17-9-10-18-40(37)48(42(38)29-36)34-15-5-2-6-16-34/h1-29H. The number of fused-ring (bicyclic) bond motifs is 7. The molecule has 0 spiro atoms. The molecule has 0 fully saturated rings. The van der Waals surface area contributed by atoms with Crippen LogP contribution in [0.4, 0.5) is 17.1 Å². The Balaban J connectivity index is 1.25. The Kier molecular flexibility index (Phi) is 6.15. The number of hydrogen-bond donors (Lipinski definition) is 0. The van der Waals surface area contributed by atoms with E-state index in [9.17, 15) is 0 Å². The number of benzene rings is 7. The van der Waals surface area contributed by atoms with Crippen LogP contribution in [0.15, 0.2) is 180 Å². The molecule has 0 aliphatic heterocycles. The molecule has 4 nitrogen and oxygen atoms in total. The Hall–Kier alpha value is -6.65. The van der Waals surface area contributed by atoms with Crippen molar-refractivity contribution in [2.75, 3.05) is 4.90 Å². The molecule has 0 saturated heterocycles. The molecule has 4 heteroatoms. The summed E-state index contributed by atoms with van der Waals surface area (Å²) in [6, 6.07) is 60.3. The third-order valence-corrected chi connectivity index (χ3v) is 9.62. The zero-order valence-corrected chi connectivity index (χ0v) is 26.5. The Morgan fingerprint density at radius 1 is 0.490 bits per heavy atom. The van der Waals surface area contributed by atoms with Gasteiger partial charge in [0.2, 0.25) is 5.71 Å². The van der Waals surface area contributed by atoms with Crippen molar-refractivity contribution >= 4 is 71.7 Å². The number of hydrogen-bond acceptors (Lipinski definition) is 3. The van der Waals surface area contributed by atoms with Gasteiger partial charge in [-0.3, -0.25) is 0 Å². The first-order valence-electron chi connectivity index (χ1n) is 16.5. The molecule has 49 heavy (non-hydrogen) atoms. The van der Waals surface area contributed by atoms with Crippen LogP contribution in [0.5, 0.6) is 0 Å². The highest BCUT2D eigenvalue weighted by Gasteiger charge is 2.22. The van der Waals surface area contributed by atoms with Gasteiger partial charge in [0.25, 0.3) is 0 Å². The van der Waals surface area contributed by atoms with Crippen molar-refractivity contribution < 1.29 is 4.42 Å². The summed E-state index contributed by atoms with van der Waals surface area (Å²) < 4.78 is 8.81. The molecule has 3 heterocycles. The fraction of sp³-hybridized carbons (Fsp3) is 0. The summed E-state index contributed by atoms with van der Waals surface area (Å²) in [6.45, 7) is 0. The summed E-state index contributed by atoms with van der Waals surface area (Å²) in [6.07, 6.45) is 1.85. The van der Waals surface area contributed by atoms with Crippen LogP contribution in [0.25, 0.3) is 71.5 Å². The van der Waals surface area contributed by atoms with Crippen LogP contribution < -0.4 is 4.90 Å². The molecule has 10 rings (SSSR count). The van der Waals surface area contributed by atoms with Crippen LogP contribution in [-0.4, -0.2) is 9.55 Å². The van der Waals surface area contributed by atoms with E-state index in [0.717, 1.165) is 50.0 Å². The van der Waals surface area contributed by atoms with Crippen LogP contribution in [0.1, 0.15) is 0 Å². The maximum absolute atomic E-state index is 6.45. The number of nitrogens with zero attached hydrogens (tertiary/aromatic N) is 3. The van der Waals surface area contributed by atoms with Gasteiger partial charge in [-0.25, -0.2) is 4.98 Å². The van der Waals surface area contributed by atoms with E-state index >= 15 is 0 Å². The van der Waals surface area contributed by atoms with Gasteiger partial charge in [0, 0.05) is 39.4 Å². The summed E-state index contributed by atoms with van der Waals surface area (Å²) >= 11 is 0.